The third-order valence-electron chi connectivity index (χ3n) is 5.17. The van der Waals surface area contributed by atoms with Crippen molar-refractivity contribution in [3.63, 3.8) is 0 Å². The van der Waals surface area contributed by atoms with Gasteiger partial charge in [-0.3, -0.25) is 0 Å². The van der Waals surface area contributed by atoms with Crippen LogP contribution in [0.1, 0.15) is 61.3 Å². The molecule has 6 heteroatoms. The van der Waals surface area contributed by atoms with Crippen LogP contribution in [-0.4, -0.2) is 45.9 Å². The molecule has 0 amide bonds. The zero-order chi connectivity index (χ0) is 24.2. The maximum atomic E-state index is 6.33. The number of halogens is 1. The smallest absolute Gasteiger partial charge is 0.112 e. The highest BCUT2D eigenvalue weighted by Gasteiger charge is 2.39. The second-order valence-corrected chi connectivity index (χ2v) is 9.19. The first-order chi connectivity index (χ1) is 14.5. The number of nitrogen functional groups attached to an aromatic ring is 1. The number of hydrogen-bond acceptors (Lipinski definition) is 4. The average Bonchev–Trinajstić information content (AvgIpc) is 3.12. The van der Waals surface area contributed by atoms with Crippen LogP contribution in [0.4, 0.5) is 5.69 Å². The first kappa shape index (κ1) is 29.7. The van der Waals surface area contributed by atoms with Gasteiger partial charge in [0.1, 0.15) is 11.9 Å². The maximum absolute atomic E-state index is 6.33. The Morgan fingerprint density at radius 1 is 1.26 bits per heavy atom. The number of aromatic nitrogens is 2. The molecule has 0 saturated carbocycles. The van der Waals surface area contributed by atoms with E-state index in [0.717, 1.165) is 31.6 Å². The van der Waals surface area contributed by atoms with Crippen LogP contribution in [0.15, 0.2) is 43.0 Å². The van der Waals surface area contributed by atoms with E-state index in [0.29, 0.717) is 11.4 Å². The number of anilines is 1. The number of nitrogens with zero attached hydrogens (tertiary/aromatic N) is 3. The highest BCUT2D eigenvalue weighted by Crippen LogP contribution is 2.41. The number of allylic oxidation sites excluding steroid dienone is 4. The third-order valence-corrected chi connectivity index (χ3v) is 5.17. The van der Waals surface area contributed by atoms with Crippen molar-refractivity contribution in [3.05, 3.63) is 43.0 Å². The average molecular weight is 545 g/mol. The van der Waals surface area contributed by atoms with E-state index in [1.165, 1.54) is 0 Å². The minimum Gasteiger partial charge on any atom is -0.490 e. The molecule has 2 N–H and O–H groups in total. The zero-order valence-corrected chi connectivity index (χ0v) is 23.4. The predicted molar refractivity (Wildman–Crippen MR) is 145 cm³/mol. The summed E-state index contributed by atoms with van der Waals surface area (Å²) in [6.45, 7) is 21.5. The molecule has 5 nitrogen and oxygen atoms in total. The molecular formula is C25H45IN4O. The molecule has 1 aromatic heterocycles. The van der Waals surface area contributed by atoms with Gasteiger partial charge in [-0.15, -0.1) is 0 Å². The van der Waals surface area contributed by atoms with Crippen molar-refractivity contribution in [1.29, 1.82) is 0 Å². The summed E-state index contributed by atoms with van der Waals surface area (Å²) in [6, 6.07) is 0. The van der Waals surface area contributed by atoms with E-state index in [1.807, 2.05) is 43.9 Å². The van der Waals surface area contributed by atoms with E-state index in [4.69, 9.17) is 10.5 Å². The van der Waals surface area contributed by atoms with Crippen LogP contribution < -0.4 is 5.73 Å². The summed E-state index contributed by atoms with van der Waals surface area (Å²) in [5.74, 6) is 0.675. The highest BCUT2D eigenvalue weighted by molar-refractivity contribution is 14.1. The fourth-order valence-electron chi connectivity index (χ4n) is 4.34. The van der Waals surface area contributed by atoms with Crippen molar-refractivity contribution in [3.8, 4) is 0 Å². The molecule has 1 saturated heterocycles. The van der Waals surface area contributed by atoms with E-state index in [9.17, 15) is 0 Å². The maximum Gasteiger partial charge on any atom is 0.112 e. The Morgan fingerprint density at radius 3 is 2.39 bits per heavy atom. The van der Waals surface area contributed by atoms with Crippen LogP contribution in [-0.2, 0) is 4.74 Å². The number of nitrogens with two attached hydrogens (primary N) is 1. The van der Waals surface area contributed by atoms with Gasteiger partial charge in [0.15, 0.2) is 0 Å². The first-order valence-corrected chi connectivity index (χ1v) is 13.2. The molecule has 1 fully saturated rings. The van der Waals surface area contributed by atoms with Gasteiger partial charge < -0.3 is 15.4 Å². The topological polar surface area (TPSA) is 56.3 Å². The Bertz CT molecular complexity index is 719. The van der Waals surface area contributed by atoms with Gasteiger partial charge in [-0.2, -0.15) is 5.10 Å². The van der Waals surface area contributed by atoms with Gasteiger partial charge in [-0.1, -0.05) is 76.8 Å². The lowest BCUT2D eigenvalue weighted by molar-refractivity contribution is -0.0329. The third kappa shape index (κ3) is 10.3. The minimum atomic E-state index is 0.0847. The summed E-state index contributed by atoms with van der Waals surface area (Å²) in [5, 5.41) is 4.25. The SMILES string of the molecule is C=C(/C=C\C(=C/C)n1cc(N)cn1)OC1CCN(C)CC(C)(C)CC1(C)C.CC.CI. The van der Waals surface area contributed by atoms with Crippen molar-refractivity contribution in [2.75, 3.05) is 30.8 Å². The van der Waals surface area contributed by atoms with Crippen molar-refractivity contribution in [2.45, 2.75) is 67.4 Å². The summed E-state index contributed by atoms with van der Waals surface area (Å²) in [4.78, 5) is 4.38. The van der Waals surface area contributed by atoms with Crippen LogP contribution in [0.2, 0.25) is 0 Å². The molecule has 1 aliphatic rings. The van der Waals surface area contributed by atoms with Gasteiger partial charge in [0.2, 0.25) is 0 Å². The molecule has 0 radical (unpaired) electrons. The van der Waals surface area contributed by atoms with E-state index < -0.39 is 0 Å². The Labute approximate surface area is 204 Å². The Hall–Kier alpha value is -1.28. The van der Waals surface area contributed by atoms with Crippen molar-refractivity contribution >= 4 is 34.0 Å². The van der Waals surface area contributed by atoms with E-state index >= 15 is 0 Å². The van der Waals surface area contributed by atoms with Gasteiger partial charge in [-0.25, -0.2) is 4.68 Å². The molecule has 2 rings (SSSR count). The molecule has 2 heterocycles. The number of ether oxygens (including phenoxy) is 1. The number of hydrogen-bond donors (Lipinski definition) is 1. The molecule has 31 heavy (non-hydrogen) atoms. The fourth-order valence-corrected chi connectivity index (χ4v) is 4.34. The molecule has 1 aromatic rings. The quantitative estimate of drug-likeness (QED) is 0.196. The molecule has 1 aliphatic heterocycles. The summed E-state index contributed by atoms with van der Waals surface area (Å²) in [5.41, 5.74) is 7.67. The van der Waals surface area contributed by atoms with Crippen LogP contribution >= 0.6 is 22.6 Å². The van der Waals surface area contributed by atoms with Crippen LogP contribution in [0.3, 0.4) is 0 Å². The number of alkyl halides is 1. The largest absolute Gasteiger partial charge is 0.490 e. The molecule has 178 valence electrons. The van der Waals surface area contributed by atoms with Crippen molar-refractivity contribution in [1.82, 2.24) is 14.7 Å². The Kier molecular flexibility index (Phi) is 13.4. The first-order valence-electron chi connectivity index (χ1n) is 11.1. The molecule has 0 bridgehead atoms. The molecule has 0 spiro atoms. The van der Waals surface area contributed by atoms with Crippen molar-refractivity contribution in [2.24, 2.45) is 10.8 Å². The normalized spacial score (nSPS) is 21.1. The molecule has 0 aliphatic carbocycles. The number of rotatable bonds is 5. The Morgan fingerprint density at radius 2 is 1.87 bits per heavy atom. The summed E-state index contributed by atoms with van der Waals surface area (Å²) in [7, 11) is 2.19. The molecule has 0 aromatic carbocycles. The Balaban J connectivity index is 0.00000212. The second kappa shape index (κ2) is 14.0. The van der Waals surface area contributed by atoms with Crippen LogP contribution in [0.5, 0.6) is 0 Å². The van der Waals surface area contributed by atoms with Gasteiger partial charge in [-0.05, 0) is 49.3 Å². The van der Waals surface area contributed by atoms with Crippen LogP contribution in [0, 0.1) is 10.8 Å². The number of likely N-dealkylation sites (tertiary alicyclic amines) is 1. The molecular weight excluding hydrogens is 499 g/mol. The van der Waals surface area contributed by atoms with Crippen molar-refractivity contribution < 1.29 is 4.74 Å². The predicted octanol–water partition coefficient (Wildman–Crippen LogP) is 6.64. The van der Waals surface area contributed by atoms with E-state index in [2.05, 4.69) is 73.9 Å². The van der Waals surface area contributed by atoms with Gasteiger partial charge in [0, 0.05) is 18.5 Å². The monoisotopic (exact) mass is 544 g/mol. The highest BCUT2D eigenvalue weighted by atomic mass is 127. The van der Waals surface area contributed by atoms with Crippen LogP contribution in [0.25, 0.3) is 5.70 Å². The molecule has 1 atom stereocenters. The lowest BCUT2D eigenvalue weighted by Gasteiger charge is -2.44. The lowest BCUT2D eigenvalue weighted by Crippen LogP contribution is -2.45. The summed E-state index contributed by atoms with van der Waals surface area (Å²) in [6.07, 6.45) is 11.5. The van der Waals surface area contributed by atoms with Gasteiger partial charge in [0.25, 0.3) is 0 Å². The van der Waals surface area contributed by atoms with Gasteiger partial charge >= 0.3 is 0 Å². The van der Waals surface area contributed by atoms with E-state index in [-0.39, 0.29) is 16.9 Å². The van der Waals surface area contributed by atoms with Gasteiger partial charge in [0.05, 0.1) is 23.8 Å². The lowest BCUT2D eigenvalue weighted by atomic mass is 9.70. The standard InChI is InChI=1S/C22H36N4O.C2H6.CH3I/c1-8-19(26-14-18(23)13-24-26)10-9-17(2)27-20-11-12-25(7)16-21(3,4)15-22(20,5)6;2*1-2/h8-10,13-14,20H,2,11-12,15-16,23H2,1,3-7H3;1-2H3;1H3/b10-9-,19-8+;;. The molecule has 1 unspecified atom stereocenters. The summed E-state index contributed by atoms with van der Waals surface area (Å²) < 4.78 is 8.08. The zero-order valence-electron chi connectivity index (χ0n) is 21.2. The van der Waals surface area contributed by atoms with E-state index in [1.54, 1.807) is 17.1 Å². The summed E-state index contributed by atoms with van der Waals surface area (Å²) >= 11 is 2.15. The second-order valence-electron chi connectivity index (χ2n) is 9.19. The fraction of sp³-hybridized carbons (Fsp3) is 0.640. The minimum absolute atomic E-state index is 0.0847.